The van der Waals surface area contributed by atoms with Gasteiger partial charge in [0.25, 0.3) is 11.8 Å². The zero-order chi connectivity index (χ0) is 17.6. The molecule has 26 heavy (non-hydrogen) atoms. The van der Waals surface area contributed by atoms with Crippen molar-refractivity contribution in [2.75, 3.05) is 18.4 Å². The maximum absolute atomic E-state index is 12.5. The van der Waals surface area contributed by atoms with Gasteiger partial charge in [0.15, 0.2) is 11.4 Å². The lowest BCUT2D eigenvalue weighted by molar-refractivity contribution is 0.0912. The molecule has 1 aliphatic heterocycles. The highest BCUT2D eigenvalue weighted by Crippen LogP contribution is 2.15. The van der Waals surface area contributed by atoms with Crippen LogP contribution in [-0.4, -0.2) is 40.9 Å². The van der Waals surface area contributed by atoms with E-state index in [2.05, 4.69) is 25.9 Å². The highest BCUT2D eigenvalue weighted by Gasteiger charge is 2.23. The average Bonchev–Trinajstić information content (AvgIpc) is 2.64. The summed E-state index contributed by atoms with van der Waals surface area (Å²) in [6.45, 7) is 1.66. The third-order valence-electron chi connectivity index (χ3n) is 3.86. The molecule has 1 atom stereocenters. The smallest absolute Gasteiger partial charge is 0.276 e. The van der Waals surface area contributed by atoms with E-state index in [4.69, 9.17) is 11.6 Å². The highest BCUT2D eigenvalue weighted by molar-refractivity contribution is 6.30. The molecule has 1 unspecified atom stereocenters. The Kier molecular flexibility index (Phi) is 7.32. The van der Waals surface area contributed by atoms with Crippen molar-refractivity contribution < 1.29 is 9.59 Å². The minimum atomic E-state index is -0.498. The Morgan fingerprint density at radius 3 is 2.35 bits per heavy atom. The van der Waals surface area contributed by atoms with Crippen molar-refractivity contribution in [3.63, 3.8) is 0 Å². The molecule has 1 saturated heterocycles. The van der Waals surface area contributed by atoms with Crippen molar-refractivity contribution >= 4 is 41.5 Å². The van der Waals surface area contributed by atoms with Crippen LogP contribution < -0.4 is 16.0 Å². The van der Waals surface area contributed by atoms with Crippen LogP contribution in [0.3, 0.4) is 0 Å². The summed E-state index contributed by atoms with van der Waals surface area (Å²) in [5.41, 5.74) is 0.557. The fourth-order valence-corrected chi connectivity index (χ4v) is 2.75. The topological polar surface area (TPSA) is 96.0 Å². The summed E-state index contributed by atoms with van der Waals surface area (Å²) in [7, 11) is 0. The van der Waals surface area contributed by atoms with Gasteiger partial charge in [0.1, 0.15) is 0 Å². The van der Waals surface area contributed by atoms with Gasteiger partial charge in [-0.2, -0.15) is 0 Å². The van der Waals surface area contributed by atoms with Gasteiger partial charge in [0.05, 0.1) is 0 Å². The summed E-state index contributed by atoms with van der Waals surface area (Å²) in [5.74, 6) is -0.898. The van der Waals surface area contributed by atoms with Gasteiger partial charge in [-0.3, -0.25) is 9.59 Å². The Hall–Kier alpha value is -2.22. The van der Waals surface area contributed by atoms with Gasteiger partial charge in [-0.05, 0) is 43.7 Å². The first-order valence-corrected chi connectivity index (χ1v) is 8.41. The zero-order valence-electron chi connectivity index (χ0n) is 13.9. The highest BCUT2D eigenvalue weighted by atomic mass is 35.5. The zero-order valence-corrected chi connectivity index (χ0v) is 15.4. The van der Waals surface area contributed by atoms with Gasteiger partial charge in [-0.15, -0.1) is 12.4 Å². The van der Waals surface area contributed by atoms with Gasteiger partial charge in [0.2, 0.25) is 0 Å². The third kappa shape index (κ3) is 5.14. The van der Waals surface area contributed by atoms with E-state index in [1.54, 1.807) is 24.3 Å². The summed E-state index contributed by atoms with van der Waals surface area (Å²) in [6.07, 6.45) is 4.67. The van der Waals surface area contributed by atoms with E-state index in [1.165, 1.54) is 12.4 Å². The van der Waals surface area contributed by atoms with E-state index in [-0.39, 0.29) is 29.8 Å². The van der Waals surface area contributed by atoms with Crippen LogP contribution in [0.15, 0.2) is 36.7 Å². The predicted molar refractivity (Wildman–Crippen MR) is 102 cm³/mol. The molecule has 0 bridgehead atoms. The molecule has 0 saturated carbocycles. The number of hydrogen-bond donors (Lipinski definition) is 3. The maximum atomic E-state index is 12.5. The SMILES string of the molecule is Cl.O=C(Nc1ccc(Cl)cc1)c1nccnc1C(=O)NC1CCCNC1. The number of nitrogens with zero attached hydrogens (tertiary/aromatic N) is 2. The van der Waals surface area contributed by atoms with Crippen molar-refractivity contribution in [3.05, 3.63) is 53.1 Å². The Bertz CT molecular complexity index is 764. The number of aromatic nitrogens is 2. The molecule has 0 spiro atoms. The number of piperidine rings is 1. The second-order valence-corrected chi connectivity index (χ2v) is 6.17. The first-order chi connectivity index (χ1) is 12.1. The predicted octanol–water partition coefficient (Wildman–Crippen LogP) is 2.29. The van der Waals surface area contributed by atoms with Crippen molar-refractivity contribution in [3.8, 4) is 0 Å². The molecule has 1 aromatic carbocycles. The molecule has 9 heteroatoms. The minimum absolute atomic E-state index is 0. The summed E-state index contributed by atoms with van der Waals surface area (Å²) in [4.78, 5) is 33.0. The molecule has 7 nitrogen and oxygen atoms in total. The molecule has 2 aromatic rings. The lowest BCUT2D eigenvalue weighted by Crippen LogP contribution is -2.46. The number of amides is 2. The lowest BCUT2D eigenvalue weighted by Gasteiger charge is -2.23. The van der Waals surface area contributed by atoms with Crippen LogP contribution in [0.25, 0.3) is 0 Å². The number of carbonyl (C=O) groups excluding carboxylic acids is 2. The van der Waals surface area contributed by atoms with Crippen molar-refractivity contribution in [2.45, 2.75) is 18.9 Å². The van der Waals surface area contributed by atoms with Crippen LogP contribution in [-0.2, 0) is 0 Å². The second-order valence-electron chi connectivity index (χ2n) is 5.73. The van der Waals surface area contributed by atoms with Gasteiger partial charge >= 0.3 is 0 Å². The average molecular weight is 396 g/mol. The first-order valence-electron chi connectivity index (χ1n) is 8.03. The molecule has 3 N–H and O–H groups in total. The van der Waals surface area contributed by atoms with Crippen molar-refractivity contribution in [1.29, 1.82) is 0 Å². The number of rotatable bonds is 4. The molecule has 0 aliphatic carbocycles. The Morgan fingerprint density at radius 2 is 1.73 bits per heavy atom. The number of halogens is 2. The number of benzene rings is 1. The quantitative estimate of drug-likeness (QED) is 0.737. The lowest BCUT2D eigenvalue weighted by atomic mass is 10.1. The van der Waals surface area contributed by atoms with E-state index in [0.29, 0.717) is 17.3 Å². The van der Waals surface area contributed by atoms with Gasteiger partial charge in [0, 0.05) is 35.7 Å². The van der Waals surface area contributed by atoms with Crippen molar-refractivity contribution in [1.82, 2.24) is 20.6 Å². The Balaban J connectivity index is 0.00000243. The summed E-state index contributed by atoms with van der Waals surface area (Å²) >= 11 is 5.83. The molecular formula is C17H19Cl2N5O2. The molecule has 2 heterocycles. The van der Waals surface area contributed by atoms with E-state index in [1.807, 2.05) is 0 Å². The van der Waals surface area contributed by atoms with E-state index < -0.39 is 11.8 Å². The van der Waals surface area contributed by atoms with Gasteiger partial charge in [-0.1, -0.05) is 11.6 Å². The number of hydrogen-bond acceptors (Lipinski definition) is 5. The van der Waals surface area contributed by atoms with Crippen LogP contribution in [0.2, 0.25) is 5.02 Å². The Morgan fingerprint density at radius 1 is 1.08 bits per heavy atom. The second kappa shape index (κ2) is 9.47. The molecule has 0 radical (unpaired) electrons. The molecule has 138 valence electrons. The first kappa shape index (κ1) is 20.1. The summed E-state index contributed by atoms with van der Waals surface area (Å²) < 4.78 is 0. The summed E-state index contributed by atoms with van der Waals surface area (Å²) in [6, 6.07) is 6.69. The van der Waals surface area contributed by atoms with E-state index >= 15 is 0 Å². The standard InChI is InChI=1S/C17H18ClN5O2.ClH/c18-11-3-5-12(6-4-11)22-16(24)14-15(21-9-8-20-14)17(25)23-13-2-1-7-19-10-13;/h3-6,8-9,13,19H,1-2,7,10H2,(H,22,24)(H,23,25);1H. The van der Waals surface area contributed by atoms with E-state index in [0.717, 1.165) is 19.4 Å². The van der Waals surface area contributed by atoms with Crippen LogP contribution >= 0.6 is 24.0 Å². The Labute approximate surface area is 162 Å². The van der Waals surface area contributed by atoms with Crippen LogP contribution in [0, 0.1) is 0 Å². The third-order valence-corrected chi connectivity index (χ3v) is 4.11. The van der Waals surface area contributed by atoms with E-state index in [9.17, 15) is 9.59 Å². The van der Waals surface area contributed by atoms with Crippen molar-refractivity contribution in [2.24, 2.45) is 0 Å². The number of carbonyl (C=O) groups is 2. The largest absolute Gasteiger partial charge is 0.347 e. The molecule has 1 aliphatic rings. The summed E-state index contributed by atoms with van der Waals surface area (Å²) in [5, 5.41) is 9.39. The van der Waals surface area contributed by atoms with Gasteiger partial charge < -0.3 is 16.0 Å². The normalized spacial score (nSPS) is 16.3. The minimum Gasteiger partial charge on any atom is -0.347 e. The van der Waals surface area contributed by atoms with Gasteiger partial charge in [-0.25, -0.2) is 9.97 Å². The van der Waals surface area contributed by atoms with Crippen LogP contribution in [0.5, 0.6) is 0 Å². The monoisotopic (exact) mass is 395 g/mol. The molecule has 3 rings (SSSR count). The van der Waals surface area contributed by atoms with Crippen LogP contribution in [0.4, 0.5) is 5.69 Å². The molecule has 1 aromatic heterocycles. The maximum Gasteiger partial charge on any atom is 0.276 e. The molecule has 2 amide bonds. The number of anilines is 1. The fraction of sp³-hybridized carbons (Fsp3) is 0.294. The molecular weight excluding hydrogens is 377 g/mol. The number of nitrogens with one attached hydrogen (secondary N) is 3. The molecule has 1 fully saturated rings. The fourth-order valence-electron chi connectivity index (χ4n) is 2.62. The van der Waals surface area contributed by atoms with Crippen LogP contribution in [0.1, 0.15) is 33.8 Å².